The van der Waals surface area contributed by atoms with Gasteiger partial charge in [-0.25, -0.2) is 9.78 Å². The molecule has 0 saturated carbocycles. The second-order valence-corrected chi connectivity index (χ2v) is 7.28. The zero-order valence-electron chi connectivity index (χ0n) is 15.2. The molecule has 144 valence electrons. The molecule has 0 amide bonds. The number of para-hydroxylation sites is 1. The fourth-order valence-electron chi connectivity index (χ4n) is 2.58. The number of hydrogen-bond donors (Lipinski definition) is 0. The molecule has 1 aromatic heterocycles. The molecule has 0 N–H and O–H groups in total. The highest BCUT2D eigenvalue weighted by Gasteiger charge is 2.20. The van der Waals surface area contributed by atoms with Crippen LogP contribution in [-0.4, -0.2) is 41.3 Å². The summed E-state index contributed by atoms with van der Waals surface area (Å²) >= 11 is 4.75. The Bertz CT molecular complexity index is 1000. The minimum absolute atomic E-state index is 0.263. The van der Waals surface area contributed by atoms with E-state index >= 15 is 0 Å². The number of carbonyl (C=O) groups is 2. The number of methoxy groups -OCH3 is 1. The van der Waals surface area contributed by atoms with Crippen LogP contribution in [0.2, 0.25) is 0 Å². The highest BCUT2D eigenvalue weighted by Crippen LogP contribution is 2.26. The molecule has 0 aliphatic rings. The molecule has 0 spiro atoms. The van der Waals surface area contributed by atoms with Crippen molar-refractivity contribution in [1.82, 2.24) is 9.55 Å². The van der Waals surface area contributed by atoms with Crippen LogP contribution in [0, 0.1) is 0 Å². The summed E-state index contributed by atoms with van der Waals surface area (Å²) in [7, 11) is 1.54. The molecule has 0 atom stereocenters. The van der Waals surface area contributed by atoms with Crippen LogP contribution in [0.3, 0.4) is 0 Å². The first kappa shape index (κ1) is 20.2. The van der Waals surface area contributed by atoms with Crippen molar-refractivity contribution in [2.24, 2.45) is 0 Å². The Kier molecular flexibility index (Phi) is 6.53. The lowest BCUT2D eigenvalue weighted by Gasteiger charge is -2.11. The van der Waals surface area contributed by atoms with Gasteiger partial charge in [-0.1, -0.05) is 30.0 Å². The van der Waals surface area contributed by atoms with Gasteiger partial charge in [-0.3, -0.25) is 9.36 Å². The third kappa shape index (κ3) is 4.28. The Morgan fingerprint density at radius 3 is 2.57 bits per heavy atom. The Morgan fingerprint density at radius 1 is 1.18 bits per heavy atom. The quantitative estimate of drug-likeness (QED) is 0.295. The molecule has 0 fully saturated rings. The van der Waals surface area contributed by atoms with Crippen molar-refractivity contribution < 1.29 is 19.1 Å². The second-order valence-electron chi connectivity index (χ2n) is 5.65. The van der Waals surface area contributed by atoms with Crippen molar-refractivity contribution in [1.29, 1.82) is 0 Å². The zero-order chi connectivity index (χ0) is 20.1. The fourth-order valence-corrected chi connectivity index (χ4v) is 3.66. The van der Waals surface area contributed by atoms with E-state index in [-0.39, 0.29) is 18.1 Å². The number of benzene rings is 2. The Balaban J connectivity index is 1.76. The molecule has 1 heterocycles. The van der Waals surface area contributed by atoms with Crippen LogP contribution >= 0.6 is 27.7 Å². The van der Waals surface area contributed by atoms with E-state index in [1.807, 2.05) is 36.6 Å². The van der Waals surface area contributed by atoms with Gasteiger partial charge in [0.15, 0.2) is 23.2 Å². The molecule has 28 heavy (non-hydrogen) atoms. The van der Waals surface area contributed by atoms with Crippen molar-refractivity contribution >= 4 is 39.4 Å². The highest BCUT2D eigenvalue weighted by atomic mass is 79.9. The Hall–Kier alpha value is -2.58. The van der Waals surface area contributed by atoms with Crippen molar-refractivity contribution in [3.8, 4) is 11.4 Å². The van der Waals surface area contributed by atoms with Gasteiger partial charge >= 0.3 is 5.97 Å². The van der Waals surface area contributed by atoms with Crippen molar-refractivity contribution in [3.05, 3.63) is 70.5 Å². The van der Waals surface area contributed by atoms with Crippen molar-refractivity contribution in [2.75, 3.05) is 20.0 Å². The third-order valence-corrected chi connectivity index (χ3v) is 5.22. The standard InChI is InChI=1S/C20H17BrN2O4S/c1-26-18-9-8-13(10-15(18)21)17(24)12-27-19(25)16-11-22-20(28-2)23(16)14-6-4-3-5-7-14/h3-11H,12H2,1-2H3. The maximum atomic E-state index is 12.6. The fraction of sp³-hybridized carbons (Fsp3) is 0.150. The highest BCUT2D eigenvalue weighted by molar-refractivity contribution is 9.10. The second kappa shape index (κ2) is 9.07. The number of aromatic nitrogens is 2. The topological polar surface area (TPSA) is 70.4 Å². The molecule has 0 unspecified atom stereocenters. The van der Waals surface area contributed by atoms with Crippen LogP contribution in [0.5, 0.6) is 5.75 Å². The van der Waals surface area contributed by atoms with Crippen molar-refractivity contribution in [3.63, 3.8) is 0 Å². The number of esters is 1. The molecule has 0 aliphatic heterocycles. The summed E-state index contributed by atoms with van der Waals surface area (Å²) in [5, 5.41) is 0.656. The first-order chi connectivity index (χ1) is 13.5. The summed E-state index contributed by atoms with van der Waals surface area (Å²) in [6.07, 6.45) is 3.33. The SMILES string of the molecule is COc1ccc(C(=O)COC(=O)c2cnc(SC)n2-c2ccccc2)cc1Br. The van der Waals surface area contributed by atoms with E-state index in [0.29, 0.717) is 20.9 Å². The van der Waals surface area contributed by atoms with Crippen LogP contribution in [-0.2, 0) is 4.74 Å². The van der Waals surface area contributed by atoms with Gasteiger partial charge in [0.05, 0.1) is 17.8 Å². The van der Waals surface area contributed by atoms with E-state index in [4.69, 9.17) is 9.47 Å². The molecule has 6 nitrogen and oxygen atoms in total. The number of ketones is 1. The summed E-state index contributed by atoms with van der Waals surface area (Å²) in [5.74, 6) is -0.310. The number of rotatable bonds is 7. The summed E-state index contributed by atoms with van der Waals surface area (Å²) in [6, 6.07) is 14.3. The molecule has 3 aromatic rings. The maximum absolute atomic E-state index is 12.6. The lowest BCUT2D eigenvalue weighted by molar-refractivity contribution is 0.0466. The lowest BCUT2D eigenvalue weighted by Crippen LogP contribution is -2.17. The maximum Gasteiger partial charge on any atom is 0.357 e. The number of carbonyl (C=O) groups excluding carboxylic acids is 2. The molecule has 0 radical (unpaired) electrons. The average molecular weight is 461 g/mol. The Morgan fingerprint density at radius 2 is 1.93 bits per heavy atom. The molecule has 0 aliphatic carbocycles. The number of imidazole rings is 1. The molecule has 2 aromatic carbocycles. The predicted octanol–water partition coefficient (Wildman–Crippen LogP) is 4.41. The number of halogens is 1. The predicted molar refractivity (Wildman–Crippen MR) is 111 cm³/mol. The first-order valence-electron chi connectivity index (χ1n) is 8.26. The van der Waals surface area contributed by atoms with Crippen LogP contribution in [0.15, 0.2) is 64.4 Å². The van der Waals surface area contributed by atoms with Crippen LogP contribution in [0.1, 0.15) is 20.8 Å². The van der Waals surface area contributed by atoms with E-state index in [2.05, 4.69) is 20.9 Å². The van der Waals surface area contributed by atoms with Gasteiger partial charge in [0.1, 0.15) is 5.75 Å². The molecule has 0 bridgehead atoms. The normalized spacial score (nSPS) is 10.5. The number of nitrogens with zero attached hydrogens (tertiary/aromatic N) is 2. The van der Waals surface area contributed by atoms with Gasteiger partial charge in [0.2, 0.25) is 0 Å². The van der Waals surface area contributed by atoms with Crippen LogP contribution in [0.25, 0.3) is 5.69 Å². The van der Waals surface area contributed by atoms with Gasteiger partial charge in [-0.15, -0.1) is 0 Å². The van der Waals surface area contributed by atoms with Gasteiger partial charge in [-0.2, -0.15) is 0 Å². The van der Waals surface area contributed by atoms with Crippen LogP contribution in [0.4, 0.5) is 0 Å². The summed E-state index contributed by atoms with van der Waals surface area (Å²) < 4.78 is 12.8. The molecular formula is C20H17BrN2O4S. The molecule has 0 saturated heterocycles. The van der Waals surface area contributed by atoms with Crippen LogP contribution < -0.4 is 4.74 Å². The number of ether oxygens (including phenoxy) is 2. The van der Waals surface area contributed by atoms with E-state index < -0.39 is 5.97 Å². The van der Waals surface area contributed by atoms with E-state index in [1.165, 1.54) is 18.0 Å². The minimum Gasteiger partial charge on any atom is -0.496 e. The van der Waals surface area contributed by atoms with Gasteiger partial charge < -0.3 is 9.47 Å². The smallest absolute Gasteiger partial charge is 0.357 e. The third-order valence-electron chi connectivity index (χ3n) is 3.94. The van der Waals surface area contributed by atoms with Gasteiger partial charge in [0.25, 0.3) is 0 Å². The number of thioether (sulfide) groups is 1. The molecule has 3 rings (SSSR count). The van der Waals surface area contributed by atoms with E-state index in [9.17, 15) is 9.59 Å². The van der Waals surface area contributed by atoms with Crippen molar-refractivity contribution in [2.45, 2.75) is 5.16 Å². The largest absolute Gasteiger partial charge is 0.496 e. The van der Waals surface area contributed by atoms with E-state index in [1.54, 1.807) is 29.9 Å². The van der Waals surface area contributed by atoms with Gasteiger partial charge in [0, 0.05) is 11.3 Å². The summed E-state index contributed by atoms with van der Waals surface area (Å²) in [5.41, 5.74) is 1.47. The lowest BCUT2D eigenvalue weighted by atomic mass is 10.1. The summed E-state index contributed by atoms with van der Waals surface area (Å²) in [4.78, 5) is 29.2. The minimum atomic E-state index is -0.613. The average Bonchev–Trinajstić information content (AvgIpc) is 3.16. The molecular weight excluding hydrogens is 444 g/mol. The first-order valence-corrected chi connectivity index (χ1v) is 10.3. The number of hydrogen-bond acceptors (Lipinski definition) is 6. The Labute approximate surface area is 175 Å². The van der Waals surface area contributed by atoms with E-state index in [0.717, 1.165) is 5.69 Å². The van der Waals surface area contributed by atoms with Gasteiger partial charge in [-0.05, 0) is 52.5 Å². The monoisotopic (exact) mass is 460 g/mol. The number of Topliss-reactive ketones (excluding diaryl/α,β-unsaturated/α-hetero) is 1. The molecule has 8 heteroatoms. The zero-order valence-corrected chi connectivity index (χ0v) is 17.6. The summed E-state index contributed by atoms with van der Waals surface area (Å²) in [6.45, 7) is -0.369.